The second-order valence-electron chi connectivity index (χ2n) is 6.26. The fraction of sp³-hybridized carbons (Fsp3) is 0.333. The lowest BCUT2D eigenvalue weighted by Gasteiger charge is -2.26. The molecule has 0 fully saturated rings. The normalized spacial score (nSPS) is 11.0. The number of benzene rings is 1. The van der Waals surface area contributed by atoms with Crippen LogP contribution in [0.2, 0.25) is 0 Å². The van der Waals surface area contributed by atoms with Crippen molar-refractivity contribution in [3.05, 3.63) is 47.9 Å². The van der Waals surface area contributed by atoms with E-state index in [1.54, 1.807) is 6.07 Å². The van der Waals surface area contributed by atoms with Crippen LogP contribution in [0, 0.1) is 17.2 Å². The van der Waals surface area contributed by atoms with Crippen LogP contribution in [-0.2, 0) is 11.2 Å². The zero-order chi connectivity index (χ0) is 20.7. The maximum absolute atomic E-state index is 12.4. The van der Waals surface area contributed by atoms with E-state index in [1.165, 1.54) is 23.3 Å². The van der Waals surface area contributed by atoms with Crippen LogP contribution >= 0.6 is 0 Å². The molecule has 0 aliphatic carbocycles. The average molecular weight is 393 g/mol. The molecule has 0 spiro atoms. The third-order valence-electron chi connectivity index (χ3n) is 3.35. The third kappa shape index (κ3) is 6.75. The van der Waals surface area contributed by atoms with Gasteiger partial charge in [0.15, 0.2) is 5.82 Å². The standard InChI is InChI=1S/C18H18F3N5O2/c1-12(2)11-26(16-7-8-23-15(10-22)24-16)25-17(27)9-13-3-5-14(6-4-13)28-18(19,20)21/h3-8,12H,9,11H2,1-2H3,(H,25,27). The van der Waals surface area contributed by atoms with Gasteiger partial charge in [0, 0.05) is 18.8 Å². The number of amides is 1. The Hall–Kier alpha value is -3.35. The first-order chi connectivity index (χ1) is 13.2. The quantitative estimate of drug-likeness (QED) is 0.728. The molecule has 1 amide bonds. The van der Waals surface area contributed by atoms with Crippen LogP contribution in [0.4, 0.5) is 19.0 Å². The molecule has 148 valence electrons. The number of nitrogens with one attached hydrogen (secondary N) is 1. The first-order valence-electron chi connectivity index (χ1n) is 8.31. The van der Waals surface area contributed by atoms with E-state index in [1.807, 2.05) is 19.9 Å². The van der Waals surface area contributed by atoms with Gasteiger partial charge in [-0.3, -0.25) is 15.2 Å². The van der Waals surface area contributed by atoms with E-state index in [0.717, 1.165) is 12.1 Å². The van der Waals surface area contributed by atoms with Crippen LogP contribution < -0.4 is 15.2 Å². The van der Waals surface area contributed by atoms with Crippen molar-refractivity contribution in [2.45, 2.75) is 26.6 Å². The predicted octanol–water partition coefficient (Wildman–Crippen LogP) is 2.98. The smallest absolute Gasteiger partial charge is 0.406 e. The molecule has 0 saturated heterocycles. The predicted molar refractivity (Wildman–Crippen MR) is 93.9 cm³/mol. The lowest BCUT2D eigenvalue weighted by Crippen LogP contribution is -2.45. The Balaban J connectivity index is 2.06. The molecule has 1 aromatic heterocycles. The Morgan fingerprint density at radius 2 is 1.96 bits per heavy atom. The van der Waals surface area contributed by atoms with Gasteiger partial charge < -0.3 is 4.74 Å². The molecule has 2 rings (SSSR count). The molecule has 0 atom stereocenters. The minimum atomic E-state index is -4.77. The van der Waals surface area contributed by atoms with Gasteiger partial charge in [0.1, 0.15) is 11.8 Å². The van der Waals surface area contributed by atoms with Crippen molar-refractivity contribution in [2.24, 2.45) is 5.92 Å². The lowest BCUT2D eigenvalue weighted by atomic mass is 10.1. The van der Waals surface area contributed by atoms with Gasteiger partial charge in [-0.15, -0.1) is 13.2 Å². The summed E-state index contributed by atoms with van der Waals surface area (Å²) in [5.74, 6) is -0.228. The first-order valence-corrected chi connectivity index (χ1v) is 8.31. The van der Waals surface area contributed by atoms with E-state index in [9.17, 15) is 18.0 Å². The van der Waals surface area contributed by atoms with E-state index in [0.29, 0.717) is 17.9 Å². The monoisotopic (exact) mass is 393 g/mol. The lowest BCUT2D eigenvalue weighted by molar-refractivity contribution is -0.274. The van der Waals surface area contributed by atoms with Crippen LogP contribution in [0.1, 0.15) is 25.2 Å². The van der Waals surface area contributed by atoms with Crippen molar-refractivity contribution in [1.82, 2.24) is 15.4 Å². The highest BCUT2D eigenvalue weighted by molar-refractivity contribution is 5.80. The highest BCUT2D eigenvalue weighted by atomic mass is 19.4. The maximum Gasteiger partial charge on any atom is 0.573 e. The largest absolute Gasteiger partial charge is 0.573 e. The number of ether oxygens (including phenoxy) is 1. The molecule has 2 aromatic rings. The SMILES string of the molecule is CC(C)CN(NC(=O)Cc1ccc(OC(F)(F)F)cc1)c1ccnc(C#N)n1. The Kier molecular flexibility index (Phi) is 6.76. The molecule has 10 heteroatoms. The van der Waals surface area contributed by atoms with Crippen molar-refractivity contribution >= 4 is 11.7 Å². The number of hydrogen-bond donors (Lipinski definition) is 1. The number of alkyl halides is 3. The van der Waals surface area contributed by atoms with Crippen molar-refractivity contribution in [1.29, 1.82) is 5.26 Å². The van der Waals surface area contributed by atoms with Crippen molar-refractivity contribution in [3.8, 4) is 11.8 Å². The highest BCUT2D eigenvalue weighted by Gasteiger charge is 2.31. The summed E-state index contributed by atoms with van der Waals surface area (Å²) >= 11 is 0. The van der Waals surface area contributed by atoms with E-state index in [2.05, 4.69) is 20.1 Å². The van der Waals surface area contributed by atoms with E-state index in [-0.39, 0.29) is 29.8 Å². The van der Waals surface area contributed by atoms with E-state index < -0.39 is 6.36 Å². The molecular weight excluding hydrogens is 375 g/mol. The van der Waals surface area contributed by atoms with Gasteiger partial charge in [0.05, 0.1) is 6.42 Å². The van der Waals surface area contributed by atoms with Crippen molar-refractivity contribution < 1.29 is 22.7 Å². The third-order valence-corrected chi connectivity index (χ3v) is 3.35. The number of rotatable bonds is 7. The second kappa shape index (κ2) is 9.03. The molecule has 1 heterocycles. The summed E-state index contributed by atoms with van der Waals surface area (Å²) in [7, 11) is 0. The maximum atomic E-state index is 12.4. The van der Waals surface area contributed by atoms with Gasteiger partial charge in [-0.1, -0.05) is 26.0 Å². The van der Waals surface area contributed by atoms with Gasteiger partial charge in [0.2, 0.25) is 11.7 Å². The summed E-state index contributed by atoms with van der Waals surface area (Å²) < 4.78 is 40.4. The van der Waals surface area contributed by atoms with Gasteiger partial charge in [-0.2, -0.15) is 10.2 Å². The summed E-state index contributed by atoms with van der Waals surface area (Å²) in [6, 6.07) is 8.45. The van der Waals surface area contributed by atoms with Crippen molar-refractivity contribution in [2.75, 3.05) is 11.6 Å². The van der Waals surface area contributed by atoms with Crippen LogP contribution in [0.25, 0.3) is 0 Å². The minimum absolute atomic E-state index is 0.0271. The number of carbonyl (C=O) groups excluding carboxylic acids is 1. The summed E-state index contributed by atoms with van der Waals surface area (Å²) in [5, 5.41) is 10.4. The number of nitrogens with zero attached hydrogens (tertiary/aromatic N) is 4. The number of nitriles is 1. The summed E-state index contributed by atoms with van der Waals surface area (Å²) in [6.07, 6.45) is -3.41. The van der Waals surface area contributed by atoms with Crippen LogP contribution in [0.15, 0.2) is 36.5 Å². The Morgan fingerprint density at radius 1 is 1.29 bits per heavy atom. The number of hydrogen-bond acceptors (Lipinski definition) is 6. The van der Waals surface area contributed by atoms with Crippen LogP contribution in [0.3, 0.4) is 0 Å². The summed E-state index contributed by atoms with van der Waals surface area (Å²) in [4.78, 5) is 20.2. The molecule has 0 unspecified atom stereocenters. The van der Waals surface area contributed by atoms with Crippen LogP contribution in [0.5, 0.6) is 5.75 Å². The van der Waals surface area contributed by atoms with E-state index in [4.69, 9.17) is 5.26 Å². The van der Waals surface area contributed by atoms with Gasteiger partial charge in [0.25, 0.3) is 0 Å². The zero-order valence-electron chi connectivity index (χ0n) is 15.2. The molecular formula is C18H18F3N5O2. The van der Waals surface area contributed by atoms with Gasteiger partial charge in [-0.05, 0) is 23.6 Å². The van der Waals surface area contributed by atoms with Gasteiger partial charge in [-0.25, -0.2) is 4.98 Å². The molecule has 7 nitrogen and oxygen atoms in total. The average Bonchev–Trinajstić information content (AvgIpc) is 2.61. The molecule has 0 aliphatic heterocycles. The summed E-state index contributed by atoms with van der Waals surface area (Å²) in [5.41, 5.74) is 3.21. The fourth-order valence-electron chi connectivity index (χ4n) is 2.30. The Bertz CT molecular complexity index is 848. The minimum Gasteiger partial charge on any atom is -0.406 e. The number of carbonyl (C=O) groups is 1. The number of hydrazine groups is 1. The number of anilines is 1. The number of halogens is 3. The van der Waals surface area contributed by atoms with Crippen molar-refractivity contribution in [3.63, 3.8) is 0 Å². The van der Waals surface area contributed by atoms with E-state index >= 15 is 0 Å². The molecule has 0 bridgehead atoms. The first kappa shape index (κ1) is 21.0. The molecule has 1 N–H and O–H groups in total. The topological polar surface area (TPSA) is 91.1 Å². The highest BCUT2D eigenvalue weighted by Crippen LogP contribution is 2.22. The van der Waals surface area contributed by atoms with Gasteiger partial charge >= 0.3 is 6.36 Å². The second-order valence-corrected chi connectivity index (χ2v) is 6.26. The Morgan fingerprint density at radius 3 is 2.54 bits per heavy atom. The molecule has 0 aliphatic rings. The zero-order valence-corrected chi connectivity index (χ0v) is 15.2. The number of aromatic nitrogens is 2. The molecule has 28 heavy (non-hydrogen) atoms. The van der Waals surface area contributed by atoms with Crippen LogP contribution in [-0.4, -0.2) is 28.8 Å². The molecule has 1 aromatic carbocycles. The molecule has 0 radical (unpaired) electrons. The summed E-state index contributed by atoms with van der Waals surface area (Å²) in [6.45, 7) is 4.34. The Labute approximate surface area is 159 Å². The fourth-order valence-corrected chi connectivity index (χ4v) is 2.30. The molecule has 0 saturated carbocycles.